The molecule has 0 atom stereocenters. The highest BCUT2D eigenvalue weighted by molar-refractivity contribution is 7.91. The largest absolute Gasteiger partial charge is 0.348 e. The number of imidazole rings is 1. The van der Waals surface area contributed by atoms with E-state index >= 15 is 0 Å². The molecule has 0 aliphatic rings. The number of sulfonamides is 1. The molecule has 1 amide bonds. The molecule has 0 bridgehead atoms. The first kappa shape index (κ1) is 17.9. The van der Waals surface area contributed by atoms with E-state index in [1.807, 2.05) is 24.3 Å². The van der Waals surface area contributed by atoms with Crippen LogP contribution in [0.1, 0.15) is 5.82 Å². The number of amides is 1. The molecular formula is C15H15ClN4O3S2. The second-order valence-electron chi connectivity index (χ2n) is 5.30. The van der Waals surface area contributed by atoms with Gasteiger partial charge in [-0.2, -0.15) is 4.31 Å². The monoisotopic (exact) mass is 398 g/mol. The number of para-hydroxylation sites is 2. The van der Waals surface area contributed by atoms with Gasteiger partial charge in [0, 0.05) is 7.05 Å². The molecule has 0 saturated heterocycles. The van der Waals surface area contributed by atoms with Gasteiger partial charge in [0.2, 0.25) is 5.91 Å². The maximum absolute atomic E-state index is 12.4. The summed E-state index contributed by atoms with van der Waals surface area (Å²) in [6, 6.07) is 10.4. The number of H-pyrrole nitrogens is 1. The van der Waals surface area contributed by atoms with Gasteiger partial charge in [-0.3, -0.25) is 4.79 Å². The van der Waals surface area contributed by atoms with Gasteiger partial charge in [-0.25, -0.2) is 13.4 Å². The minimum Gasteiger partial charge on any atom is -0.348 e. The Hall–Kier alpha value is -1.94. The van der Waals surface area contributed by atoms with E-state index in [0.717, 1.165) is 26.7 Å². The van der Waals surface area contributed by atoms with Crippen molar-refractivity contribution in [2.24, 2.45) is 0 Å². The van der Waals surface area contributed by atoms with Gasteiger partial charge in [-0.15, -0.1) is 11.3 Å². The number of hydrogen-bond acceptors (Lipinski definition) is 5. The molecule has 0 unspecified atom stereocenters. The van der Waals surface area contributed by atoms with Crippen molar-refractivity contribution in [2.75, 3.05) is 13.6 Å². The first-order valence-electron chi connectivity index (χ1n) is 7.28. The molecule has 7 nitrogen and oxygen atoms in total. The molecule has 3 aromatic rings. The van der Waals surface area contributed by atoms with E-state index in [9.17, 15) is 13.2 Å². The first-order chi connectivity index (χ1) is 11.9. The third-order valence-corrected chi connectivity index (χ3v) is 6.97. The van der Waals surface area contributed by atoms with E-state index in [4.69, 9.17) is 11.6 Å². The Bertz CT molecular complexity index is 980. The van der Waals surface area contributed by atoms with Crippen LogP contribution < -0.4 is 5.32 Å². The molecular weight excluding hydrogens is 384 g/mol. The molecule has 10 heteroatoms. The van der Waals surface area contributed by atoms with Crippen LogP contribution in [0.15, 0.2) is 40.6 Å². The van der Waals surface area contributed by atoms with E-state index in [2.05, 4.69) is 15.3 Å². The summed E-state index contributed by atoms with van der Waals surface area (Å²) in [5.74, 6) is 0.180. The van der Waals surface area contributed by atoms with Crippen LogP contribution in [0.4, 0.5) is 0 Å². The molecule has 0 saturated carbocycles. The average molecular weight is 399 g/mol. The summed E-state index contributed by atoms with van der Waals surface area (Å²) < 4.78 is 26.2. The Labute approximate surface area is 153 Å². The highest BCUT2D eigenvalue weighted by Crippen LogP contribution is 2.27. The summed E-state index contributed by atoms with van der Waals surface area (Å²) in [6.07, 6.45) is 0. The fraction of sp³-hybridized carbons (Fsp3) is 0.200. The summed E-state index contributed by atoms with van der Waals surface area (Å²) in [5, 5.41) is 2.66. The van der Waals surface area contributed by atoms with Crippen LogP contribution in [0.25, 0.3) is 11.0 Å². The van der Waals surface area contributed by atoms with Crippen molar-refractivity contribution in [1.29, 1.82) is 0 Å². The maximum atomic E-state index is 12.4. The van der Waals surface area contributed by atoms with Crippen molar-refractivity contribution < 1.29 is 13.2 Å². The van der Waals surface area contributed by atoms with E-state index < -0.39 is 15.9 Å². The number of halogens is 1. The summed E-state index contributed by atoms with van der Waals surface area (Å²) >= 11 is 6.73. The maximum Gasteiger partial charge on any atom is 0.252 e. The van der Waals surface area contributed by atoms with E-state index in [1.165, 1.54) is 19.2 Å². The predicted molar refractivity (Wildman–Crippen MR) is 97.1 cm³/mol. The van der Waals surface area contributed by atoms with Gasteiger partial charge in [0.1, 0.15) is 10.0 Å². The standard InChI is InChI=1S/C15H15ClN4O3S2/c1-20(25(22,23)15-7-6-12(16)24-15)9-14(21)17-8-13-18-10-4-2-3-5-11(10)19-13/h2-7H,8-9H2,1H3,(H,17,21)(H,18,19). The molecule has 25 heavy (non-hydrogen) atoms. The number of carbonyl (C=O) groups is 1. The first-order valence-corrected chi connectivity index (χ1v) is 9.92. The lowest BCUT2D eigenvalue weighted by Gasteiger charge is -2.15. The summed E-state index contributed by atoms with van der Waals surface area (Å²) in [6.45, 7) is -0.107. The third-order valence-electron chi connectivity index (χ3n) is 3.47. The molecule has 3 rings (SSSR count). The lowest BCUT2D eigenvalue weighted by Crippen LogP contribution is -2.38. The number of fused-ring (bicyclic) bond motifs is 1. The zero-order valence-corrected chi connectivity index (χ0v) is 15.6. The number of thiophene rings is 1. The van der Waals surface area contributed by atoms with Gasteiger partial charge < -0.3 is 10.3 Å². The second kappa shape index (κ2) is 7.12. The molecule has 2 N–H and O–H groups in total. The minimum atomic E-state index is -3.73. The normalized spacial score (nSPS) is 12.0. The number of likely N-dealkylation sites (N-methyl/N-ethyl adjacent to an activating group) is 1. The quantitative estimate of drug-likeness (QED) is 0.665. The molecule has 132 valence electrons. The summed E-state index contributed by atoms with van der Waals surface area (Å²) in [5.41, 5.74) is 1.68. The highest BCUT2D eigenvalue weighted by Gasteiger charge is 2.24. The van der Waals surface area contributed by atoms with Crippen molar-refractivity contribution in [3.8, 4) is 0 Å². The van der Waals surface area contributed by atoms with Crippen LogP contribution in [0.5, 0.6) is 0 Å². The number of aromatic nitrogens is 2. The SMILES string of the molecule is CN(CC(=O)NCc1nc2ccccc2[nH]1)S(=O)(=O)c1ccc(Cl)s1. The molecule has 0 aliphatic heterocycles. The lowest BCUT2D eigenvalue weighted by molar-refractivity contribution is -0.121. The Morgan fingerprint density at radius 2 is 2.08 bits per heavy atom. The smallest absolute Gasteiger partial charge is 0.252 e. The molecule has 1 aromatic carbocycles. The lowest BCUT2D eigenvalue weighted by atomic mass is 10.3. The highest BCUT2D eigenvalue weighted by atomic mass is 35.5. The number of carbonyl (C=O) groups excluding carboxylic acids is 1. The Balaban J connectivity index is 1.60. The summed E-state index contributed by atoms with van der Waals surface area (Å²) in [4.78, 5) is 19.5. The number of rotatable bonds is 6. The van der Waals surface area contributed by atoms with Gasteiger partial charge in [0.25, 0.3) is 10.0 Å². The topological polar surface area (TPSA) is 95.2 Å². The second-order valence-corrected chi connectivity index (χ2v) is 9.28. The van der Waals surface area contributed by atoms with Crippen LogP contribution in [0.2, 0.25) is 4.34 Å². The molecule has 0 fully saturated rings. The fourth-order valence-corrected chi connectivity index (χ4v) is 5.03. The van der Waals surface area contributed by atoms with Gasteiger partial charge in [0.15, 0.2) is 0 Å². The molecule has 0 spiro atoms. The van der Waals surface area contributed by atoms with Crippen LogP contribution >= 0.6 is 22.9 Å². The van der Waals surface area contributed by atoms with Gasteiger partial charge >= 0.3 is 0 Å². The zero-order valence-electron chi connectivity index (χ0n) is 13.2. The van der Waals surface area contributed by atoms with E-state index in [-0.39, 0.29) is 17.3 Å². The van der Waals surface area contributed by atoms with Crippen molar-refractivity contribution in [3.63, 3.8) is 0 Å². The van der Waals surface area contributed by atoms with Gasteiger partial charge in [-0.05, 0) is 24.3 Å². The molecule has 0 aliphatic carbocycles. The Morgan fingerprint density at radius 3 is 2.76 bits per heavy atom. The number of hydrogen-bond donors (Lipinski definition) is 2. The van der Waals surface area contributed by atoms with Gasteiger partial charge in [-0.1, -0.05) is 23.7 Å². The summed E-state index contributed by atoms with van der Waals surface area (Å²) in [7, 11) is -2.38. The predicted octanol–water partition coefficient (Wildman–Crippen LogP) is 2.21. The van der Waals surface area contributed by atoms with Crippen LogP contribution in [0.3, 0.4) is 0 Å². The van der Waals surface area contributed by atoms with Crippen molar-refractivity contribution >= 4 is 49.9 Å². The number of nitrogens with zero attached hydrogens (tertiary/aromatic N) is 2. The van der Waals surface area contributed by atoms with E-state index in [1.54, 1.807) is 0 Å². The van der Waals surface area contributed by atoms with Crippen LogP contribution in [-0.4, -0.2) is 42.2 Å². The zero-order chi connectivity index (χ0) is 18.0. The minimum absolute atomic E-state index is 0.102. The number of benzene rings is 1. The molecule has 2 aromatic heterocycles. The van der Waals surface area contributed by atoms with Crippen molar-refractivity contribution in [3.05, 3.63) is 46.6 Å². The van der Waals surface area contributed by atoms with Crippen LogP contribution in [-0.2, 0) is 21.4 Å². The number of aromatic amines is 1. The van der Waals surface area contributed by atoms with Crippen molar-refractivity contribution in [1.82, 2.24) is 19.6 Å². The van der Waals surface area contributed by atoms with Crippen molar-refractivity contribution in [2.45, 2.75) is 10.8 Å². The molecule has 2 heterocycles. The van der Waals surface area contributed by atoms with Gasteiger partial charge in [0.05, 0.1) is 28.5 Å². The Kier molecular flexibility index (Phi) is 5.09. The number of nitrogens with one attached hydrogen (secondary N) is 2. The average Bonchev–Trinajstić information content (AvgIpc) is 3.18. The molecule has 0 radical (unpaired) electrons. The third kappa shape index (κ3) is 4.01. The fourth-order valence-electron chi connectivity index (χ4n) is 2.20. The van der Waals surface area contributed by atoms with Crippen LogP contribution in [0, 0.1) is 0 Å². The Morgan fingerprint density at radius 1 is 1.32 bits per heavy atom. The van der Waals surface area contributed by atoms with E-state index in [0.29, 0.717) is 10.2 Å².